The number of H-pyrrole nitrogens is 1. The van der Waals surface area contributed by atoms with Crippen molar-refractivity contribution in [2.75, 3.05) is 0 Å². The zero-order valence-electron chi connectivity index (χ0n) is 19.1. The molecule has 1 aliphatic carbocycles. The van der Waals surface area contributed by atoms with Crippen LogP contribution < -0.4 is 10.9 Å². The molecule has 3 aromatic rings. The van der Waals surface area contributed by atoms with Gasteiger partial charge in [-0.2, -0.15) is 0 Å². The van der Waals surface area contributed by atoms with E-state index in [9.17, 15) is 9.59 Å². The molecule has 3 heterocycles. The number of rotatable bonds is 3. The Morgan fingerprint density at radius 3 is 2.27 bits per heavy atom. The molecular weight excluding hydrogens is 416 g/mol. The van der Waals surface area contributed by atoms with E-state index in [-0.39, 0.29) is 17.7 Å². The zero-order valence-corrected chi connectivity index (χ0v) is 19.1. The number of alkyl carbamates (subject to hydrolysis) is 1. The van der Waals surface area contributed by atoms with Crippen LogP contribution in [0.2, 0.25) is 0 Å². The third-order valence-corrected chi connectivity index (χ3v) is 6.25. The molecule has 7 nitrogen and oxygen atoms in total. The van der Waals surface area contributed by atoms with Crippen LogP contribution in [-0.2, 0) is 4.74 Å². The van der Waals surface area contributed by atoms with Crippen molar-refractivity contribution in [3.63, 3.8) is 0 Å². The van der Waals surface area contributed by atoms with E-state index in [2.05, 4.69) is 20.3 Å². The van der Waals surface area contributed by atoms with Gasteiger partial charge >= 0.3 is 6.09 Å². The number of nitrogens with zero attached hydrogens (tertiary/aromatic N) is 2. The lowest BCUT2D eigenvalue weighted by Crippen LogP contribution is -2.29. The quantitative estimate of drug-likeness (QED) is 0.582. The summed E-state index contributed by atoms with van der Waals surface area (Å²) in [5.74, 6) is 1.06. The molecule has 2 aromatic heterocycles. The van der Waals surface area contributed by atoms with E-state index in [1.165, 1.54) is 37.7 Å². The van der Waals surface area contributed by atoms with Crippen LogP contribution in [0.1, 0.15) is 69.0 Å². The van der Waals surface area contributed by atoms with E-state index in [4.69, 9.17) is 4.74 Å². The molecule has 33 heavy (non-hydrogen) atoms. The molecule has 1 amide bonds. The molecule has 2 aliphatic rings. The first-order valence-corrected chi connectivity index (χ1v) is 11.5. The van der Waals surface area contributed by atoms with Gasteiger partial charge in [0, 0.05) is 18.6 Å². The first-order chi connectivity index (χ1) is 15.9. The Bertz CT molecular complexity index is 1120. The number of ether oxygens (including phenoxy) is 1. The van der Waals surface area contributed by atoms with Gasteiger partial charge in [0.15, 0.2) is 5.82 Å². The van der Waals surface area contributed by atoms with Crippen molar-refractivity contribution in [2.24, 2.45) is 0 Å². The van der Waals surface area contributed by atoms with E-state index in [0.29, 0.717) is 17.3 Å². The number of benzene rings is 1. The molecule has 1 aliphatic heterocycles. The number of cyclic esters (lactones) is 1. The number of hydrogen-bond acceptors (Lipinski definition) is 5. The van der Waals surface area contributed by atoms with Crippen molar-refractivity contribution in [1.82, 2.24) is 20.3 Å². The largest absolute Gasteiger partial charge is 0.441 e. The number of hydrogen-bond donors (Lipinski definition) is 2. The molecule has 2 fully saturated rings. The van der Waals surface area contributed by atoms with Crippen molar-refractivity contribution in [3.8, 4) is 11.4 Å². The second-order valence-corrected chi connectivity index (χ2v) is 9.06. The van der Waals surface area contributed by atoms with Gasteiger partial charge in [-0.15, -0.1) is 0 Å². The van der Waals surface area contributed by atoms with E-state index >= 15 is 0 Å². The van der Waals surface area contributed by atoms with Crippen LogP contribution in [0.25, 0.3) is 11.4 Å². The summed E-state index contributed by atoms with van der Waals surface area (Å²) in [4.78, 5) is 34.2. The molecule has 1 unspecified atom stereocenters. The van der Waals surface area contributed by atoms with Gasteiger partial charge in [0.2, 0.25) is 0 Å². The zero-order chi connectivity index (χ0) is 23.3. The van der Waals surface area contributed by atoms with Gasteiger partial charge in [-0.25, -0.2) is 14.8 Å². The molecule has 0 bridgehead atoms. The Balaban J connectivity index is 0.000000165. The maximum Gasteiger partial charge on any atom is 0.408 e. The average Bonchev–Trinajstić information content (AvgIpc) is 3.13. The lowest BCUT2D eigenvalue weighted by Gasteiger charge is -2.23. The smallest absolute Gasteiger partial charge is 0.408 e. The maximum atomic E-state index is 11.9. The first-order valence-electron chi connectivity index (χ1n) is 11.5. The molecule has 1 saturated heterocycles. The highest BCUT2D eigenvalue weighted by atomic mass is 16.6. The van der Waals surface area contributed by atoms with Crippen molar-refractivity contribution in [1.29, 1.82) is 0 Å². The van der Waals surface area contributed by atoms with Crippen LogP contribution in [-0.4, -0.2) is 26.6 Å². The molecule has 0 radical (unpaired) electrons. The molecule has 1 atom stereocenters. The van der Waals surface area contributed by atoms with Gasteiger partial charge in [0.1, 0.15) is 5.60 Å². The third kappa shape index (κ3) is 5.48. The summed E-state index contributed by atoms with van der Waals surface area (Å²) in [6.45, 7) is 3.81. The Labute approximate surface area is 193 Å². The number of nitrogens with one attached hydrogen (secondary N) is 2. The number of pyridine rings is 1. The normalized spacial score (nSPS) is 19.7. The summed E-state index contributed by atoms with van der Waals surface area (Å²) in [7, 11) is 0. The van der Waals surface area contributed by atoms with Gasteiger partial charge in [0.25, 0.3) is 5.56 Å². The van der Waals surface area contributed by atoms with Crippen LogP contribution in [0.5, 0.6) is 0 Å². The molecule has 1 saturated carbocycles. The van der Waals surface area contributed by atoms with Crippen LogP contribution >= 0.6 is 0 Å². The van der Waals surface area contributed by atoms with E-state index in [0.717, 1.165) is 5.56 Å². The molecule has 1 aromatic carbocycles. The van der Waals surface area contributed by atoms with Crippen molar-refractivity contribution < 1.29 is 9.53 Å². The minimum absolute atomic E-state index is 0.0591. The number of carbonyl (C=O) groups excluding carboxylic acids is 1. The van der Waals surface area contributed by atoms with Crippen molar-refractivity contribution in [2.45, 2.75) is 63.5 Å². The minimum Gasteiger partial charge on any atom is -0.441 e. The Kier molecular flexibility index (Phi) is 6.87. The van der Waals surface area contributed by atoms with Crippen LogP contribution in [0.15, 0.2) is 65.8 Å². The monoisotopic (exact) mass is 446 g/mol. The molecule has 7 heteroatoms. The summed E-state index contributed by atoms with van der Waals surface area (Å²) in [6.07, 6.45) is 11.1. The topological polar surface area (TPSA) is 97.0 Å². The van der Waals surface area contributed by atoms with Crippen molar-refractivity contribution in [3.05, 3.63) is 82.5 Å². The highest BCUT2D eigenvalue weighted by Gasteiger charge is 2.41. The van der Waals surface area contributed by atoms with E-state index in [1.54, 1.807) is 18.5 Å². The summed E-state index contributed by atoms with van der Waals surface area (Å²) < 4.78 is 5.17. The number of aromatic amines is 1. The van der Waals surface area contributed by atoms with Gasteiger partial charge in [0.05, 0.1) is 11.6 Å². The third-order valence-electron chi connectivity index (χ3n) is 6.25. The number of carbonyl (C=O) groups is 1. The first kappa shape index (κ1) is 22.7. The Morgan fingerprint density at radius 2 is 1.64 bits per heavy atom. The van der Waals surface area contributed by atoms with Gasteiger partial charge in [-0.05, 0) is 55.9 Å². The van der Waals surface area contributed by atoms with E-state index < -0.39 is 5.60 Å². The van der Waals surface area contributed by atoms with E-state index in [1.807, 2.05) is 56.4 Å². The summed E-state index contributed by atoms with van der Waals surface area (Å²) in [5.41, 5.74) is 2.26. The standard InChI is InChI=1S/C15H17N3O.C11H13NO2/c19-15-13(14-16-7-4-8-17-14)9-12(10-18-15)11-5-2-1-3-6-11;1-11(2)9(12-10(13)14-11)8-6-4-3-5-7-8/h4,7-11H,1-3,5-6H2,(H,18,19);3-7,9H,1-2H3,(H,12,13). The lowest BCUT2D eigenvalue weighted by atomic mass is 9.84. The fourth-order valence-corrected chi connectivity index (χ4v) is 4.53. The van der Waals surface area contributed by atoms with Crippen LogP contribution in [0.3, 0.4) is 0 Å². The molecule has 2 N–H and O–H groups in total. The highest BCUT2D eigenvalue weighted by molar-refractivity contribution is 5.71. The number of aromatic nitrogens is 3. The SMILES string of the molecule is CC1(C)OC(=O)NC1c1ccccc1.O=c1[nH]cc(C2CCCCC2)cc1-c1ncccn1. The predicted octanol–water partition coefficient (Wildman–Crippen LogP) is 5.13. The predicted molar refractivity (Wildman–Crippen MR) is 127 cm³/mol. The van der Waals surface area contributed by atoms with Gasteiger partial charge < -0.3 is 15.0 Å². The molecule has 172 valence electrons. The number of amides is 1. The lowest BCUT2D eigenvalue weighted by molar-refractivity contribution is 0.0684. The summed E-state index contributed by atoms with van der Waals surface area (Å²) in [6, 6.07) is 13.5. The Hall–Kier alpha value is -3.48. The summed E-state index contributed by atoms with van der Waals surface area (Å²) in [5, 5.41) is 2.80. The maximum absolute atomic E-state index is 11.9. The average molecular weight is 447 g/mol. The van der Waals surface area contributed by atoms with Crippen LogP contribution in [0.4, 0.5) is 4.79 Å². The second kappa shape index (κ2) is 9.98. The van der Waals surface area contributed by atoms with Crippen molar-refractivity contribution >= 4 is 6.09 Å². The molecule has 5 rings (SSSR count). The van der Waals surface area contributed by atoms with Gasteiger partial charge in [-0.1, -0.05) is 49.6 Å². The summed E-state index contributed by atoms with van der Waals surface area (Å²) >= 11 is 0. The van der Waals surface area contributed by atoms with Gasteiger partial charge in [-0.3, -0.25) is 4.79 Å². The molecule has 0 spiro atoms. The fraction of sp³-hybridized carbons (Fsp3) is 0.385. The minimum atomic E-state index is -0.474. The highest BCUT2D eigenvalue weighted by Crippen LogP contribution is 2.34. The molecular formula is C26H30N4O3. The second-order valence-electron chi connectivity index (χ2n) is 9.06. The van der Waals surface area contributed by atoms with Crippen LogP contribution in [0, 0.1) is 0 Å². The Morgan fingerprint density at radius 1 is 0.939 bits per heavy atom. The fourth-order valence-electron chi connectivity index (χ4n) is 4.53.